The molecule has 1 aromatic rings. The molecule has 0 unspecified atom stereocenters. The summed E-state index contributed by atoms with van der Waals surface area (Å²) < 4.78 is 0. The van der Waals surface area contributed by atoms with Gasteiger partial charge < -0.3 is 15.7 Å². The Balaban J connectivity index is 2.48. The molecule has 0 aliphatic heterocycles. The van der Waals surface area contributed by atoms with E-state index in [0.29, 0.717) is 5.69 Å². The maximum atomic E-state index is 11.5. The van der Waals surface area contributed by atoms with Crippen LogP contribution in [0.4, 0.5) is 10.5 Å². The van der Waals surface area contributed by atoms with E-state index in [1.54, 1.807) is 24.4 Å². The number of nitrogens with one attached hydrogen (secondary N) is 2. The third-order valence-corrected chi connectivity index (χ3v) is 1.90. The molecule has 4 heteroatoms. The second-order valence-corrected chi connectivity index (χ2v) is 4.85. The predicted octanol–water partition coefficient (Wildman–Crippen LogP) is 3.07. The minimum atomic E-state index is -0.337. The molecule has 4 nitrogen and oxygen atoms in total. The Bertz CT molecular complexity index is 420. The summed E-state index contributed by atoms with van der Waals surface area (Å²) in [7, 11) is 0. The zero-order valence-corrected chi connectivity index (χ0v) is 10.3. The van der Waals surface area contributed by atoms with Gasteiger partial charge in [-0.1, -0.05) is 32.9 Å². The standard InChI is InChI=1S/C13H18N2O2/c1-13(2,3)7-8-14-12(17)15-10-5-4-6-11(16)9-10/h4-9,16H,1-3H3,(H2,14,15,17)/b8-7+. The minimum absolute atomic E-state index is 0.0261. The van der Waals surface area contributed by atoms with Crippen molar-refractivity contribution in [2.45, 2.75) is 20.8 Å². The van der Waals surface area contributed by atoms with Crippen molar-refractivity contribution in [2.24, 2.45) is 5.41 Å². The van der Waals surface area contributed by atoms with Crippen molar-refractivity contribution in [2.75, 3.05) is 5.32 Å². The summed E-state index contributed by atoms with van der Waals surface area (Å²) in [5.74, 6) is 0.119. The van der Waals surface area contributed by atoms with E-state index in [1.165, 1.54) is 6.07 Å². The van der Waals surface area contributed by atoms with E-state index in [-0.39, 0.29) is 17.2 Å². The van der Waals surface area contributed by atoms with E-state index in [1.807, 2.05) is 26.8 Å². The highest BCUT2D eigenvalue weighted by molar-refractivity contribution is 5.90. The minimum Gasteiger partial charge on any atom is -0.508 e. The highest BCUT2D eigenvalue weighted by atomic mass is 16.3. The van der Waals surface area contributed by atoms with Crippen LogP contribution in [0.2, 0.25) is 0 Å². The smallest absolute Gasteiger partial charge is 0.323 e. The van der Waals surface area contributed by atoms with Gasteiger partial charge in [0.25, 0.3) is 0 Å². The van der Waals surface area contributed by atoms with Crippen LogP contribution in [-0.4, -0.2) is 11.1 Å². The van der Waals surface area contributed by atoms with Gasteiger partial charge in [-0.15, -0.1) is 0 Å². The largest absolute Gasteiger partial charge is 0.508 e. The molecule has 0 saturated heterocycles. The highest BCUT2D eigenvalue weighted by Crippen LogP contribution is 2.15. The lowest BCUT2D eigenvalue weighted by Gasteiger charge is -2.11. The number of allylic oxidation sites excluding steroid dienone is 1. The van der Waals surface area contributed by atoms with Gasteiger partial charge in [0.2, 0.25) is 0 Å². The Morgan fingerprint density at radius 2 is 2.06 bits per heavy atom. The molecule has 0 bridgehead atoms. The van der Waals surface area contributed by atoms with Gasteiger partial charge in [0.05, 0.1) is 0 Å². The van der Waals surface area contributed by atoms with Gasteiger partial charge in [0.1, 0.15) is 5.75 Å². The molecule has 2 amide bonds. The van der Waals surface area contributed by atoms with E-state index in [4.69, 9.17) is 0 Å². The van der Waals surface area contributed by atoms with Crippen molar-refractivity contribution >= 4 is 11.7 Å². The van der Waals surface area contributed by atoms with Gasteiger partial charge in [-0.3, -0.25) is 0 Å². The number of benzene rings is 1. The fourth-order valence-corrected chi connectivity index (χ4v) is 1.12. The molecule has 1 aromatic carbocycles. The summed E-state index contributed by atoms with van der Waals surface area (Å²) in [4.78, 5) is 11.5. The Kier molecular flexibility index (Phi) is 4.15. The Morgan fingerprint density at radius 3 is 2.65 bits per heavy atom. The third-order valence-electron chi connectivity index (χ3n) is 1.90. The van der Waals surface area contributed by atoms with Gasteiger partial charge in [0, 0.05) is 18.0 Å². The maximum absolute atomic E-state index is 11.5. The number of anilines is 1. The lowest BCUT2D eigenvalue weighted by atomic mass is 9.97. The molecule has 1 rings (SSSR count). The van der Waals surface area contributed by atoms with Crippen LogP contribution in [0.3, 0.4) is 0 Å². The summed E-state index contributed by atoms with van der Waals surface area (Å²) in [6.45, 7) is 6.12. The van der Waals surface area contributed by atoms with Gasteiger partial charge in [-0.2, -0.15) is 0 Å². The van der Waals surface area contributed by atoms with Crippen LogP contribution in [-0.2, 0) is 0 Å². The summed E-state index contributed by atoms with van der Waals surface area (Å²) >= 11 is 0. The second kappa shape index (κ2) is 5.39. The van der Waals surface area contributed by atoms with Crippen molar-refractivity contribution in [1.29, 1.82) is 0 Å². The number of phenolic OH excluding ortho intramolecular Hbond substituents is 1. The van der Waals surface area contributed by atoms with Crippen LogP contribution in [0.25, 0.3) is 0 Å². The average Bonchev–Trinajstić information content (AvgIpc) is 2.15. The van der Waals surface area contributed by atoms with Crippen LogP contribution in [0.5, 0.6) is 5.75 Å². The van der Waals surface area contributed by atoms with Crippen molar-refractivity contribution in [1.82, 2.24) is 5.32 Å². The van der Waals surface area contributed by atoms with Crippen LogP contribution in [0, 0.1) is 5.41 Å². The number of aromatic hydroxyl groups is 1. The van der Waals surface area contributed by atoms with Crippen molar-refractivity contribution in [3.8, 4) is 5.75 Å². The molecule has 17 heavy (non-hydrogen) atoms. The number of rotatable bonds is 2. The number of hydrogen-bond donors (Lipinski definition) is 3. The molecule has 0 heterocycles. The molecule has 0 atom stereocenters. The van der Waals surface area contributed by atoms with Crippen LogP contribution in [0.15, 0.2) is 36.5 Å². The summed E-state index contributed by atoms with van der Waals surface area (Å²) in [6, 6.07) is 6.05. The van der Waals surface area contributed by atoms with E-state index in [0.717, 1.165) is 0 Å². The molecule has 0 spiro atoms. The Labute approximate surface area is 101 Å². The first-order valence-electron chi connectivity index (χ1n) is 5.41. The fourth-order valence-electron chi connectivity index (χ4n) is 1.12. The van der Waals surface area contributed by atoms with Crippen LogP contribution < -0.4 is 10.6 Å². The lowest BCUT2D eigenvalue weighted by molar-refractivity contribution is 0.255. The monoisotopic (exact) mass is 234 g/mol. The lowest BCUT2D eigenvalue weighted by Crippen LogP contribution is -2.24. The average molecular weight is 234 g/mol. The van der Waals surface area contributed by atoms with Crippen LogP contribution in [0.1, 0.15) is 20.8 Å². The highest BCUT2D eigenvalue weighted by Gasteiger charge is 2.04. The first kappa shape index (κ1) is 13.1. The van der Waals surface area contributed by atoms with Crippen molar-refractivity contribution in [3.05, 3.63) is 36.5 Å². The molecular formula is C13H18N2O2. The molecule has 0 fully saturated rings. The predicted molar refractivity (Wildman–Crippen MR) is 68.9 cm³/mol. The quantitative estimate of drug-likeness (QED) is 0.736. The summed E-state index contributed by atoms with van der Waals surface area (Å²) in [5, 5.41) is 14.4. The molecule has 0 aromatic heterocycles. The molecule has 3 N–H and O–H groups in total. The molecule has 0 saturated carbocycles. The van der Waals surface area contributed by atoms with Crippen molar-refractivity contribution < 1.29 is 9.90 Å². The Morgan fingerprint density at radius 1 is 1.35 bits per heavy atom. The summed E-state index contributed by atoms with van der Waals surface area (Å²) in [6.07, 6.45) is 3.51. The van der Waals surface area contributed by atoms with E-state index in [9.17, 15) is 9.90 Å². The number of urea groups is 1. The molecule has 0 aliphatic carbocycles. The zero-order valence-electron chi connectivity index (χ0n) is 10.3. The van der Waals surface area contributed by atoms with Crippen LogP contribution >= 0.6 is 0 Å². The number of carbonyl (C=O) groups is 1. The van der Waals surface area contributed by atoms with Crippen molar-refractivity contribution in [3.63, 3.8) is 0 Å². The first-order chi connectivity index (χ1) is 7.87. The number of carbonyl (C=O) groups excluding carboxylic acids is 1. The van der Waals surface area contributed by atoms with E-state index in [2.05, 4.69) is 10.6 Å². The van der Waals surface area contributed by atoms with Gasteiger partial charge >= 0.3 is 6.03 Å². The molecule has 0 radical (unpaired) electrons. The maximum Gasteiger partial charge on any atom is 0.323 e. The normalized spacial score (nSPS) is 11.5. The van der Waals surface area contributed by atoms with Gasteiger partial charge in [0.15, 0.2) is 0 Å². The zero-order chi connectivity index (χ0) is 12.9. The second-order valence-electron chi connectivity index (χ2n) is 4.85. The number of hydrogen-bond acceptors (Lipinski definition) is 2. The molecule has 92 valence electrons. The van der Waals surface area contributed by atoms with Gasteiger partial charge in [-0.05, 0) is 17.5 Å². The Hall–Kier alpha value is -1.97. The van der Waals surface area contributed by atoms with Gasteiger partial charge in [-0.25, -0.2) is 4.79 Å². The van der Waals surface area contributed by atoms with E-state index >= 15 is 0 Å². The number of amides is 2. The van der Waals surface area contributed by atoms with E-state index < -0.39 is 0 Å². The fraction of sp³-hybridized carbons (Fsp3) is 0.308. The molecule has 0 aliphatic rings. The third kappa shape index (κ3) is 5.61. The topological polar surface area (TPSA) is 61.4 Å². The first-order valence-corrected chi connectivity index (χ1v) is 5.41. The molecular weight excluding hydrogens is 216 g/mol. The summed E-state index contributed by atoms with van der Waals surface area (Å²) in [5.41, 5.74) is 0.574. The SMILES string of the molecule is CC(C)(C)/C=C/NC(=O)Nc1cccc(O)c1. The number of phenols is 1.